The Bertz CT molecular complexity index is 1100. The highest BCUT2D eigenvalue weighted by molar-refractivity contribution is 7.71. The molecule has 0 bridgehead atoms. The summed E-state index contributed by atoms with van der Waals surface area (Å²) in [6.45, 7) is 5.03. The number of benzene rings is 2. The van der Waals surface area contributed by atoms with Crippen molar-refractivity contribution in [1.82, 2.24) is 19.7 Å². The number of para-hydroxylation sites is 2. The van der Waals surface area contributed by atoms with Crippen LogP contribution in [-0.2, 0) is 11.3 Å². The zero-order valence-electron chi connectivity index (χ0n) is 17.2. The summed E-state index contributed by atoms with van der Waals surface area (Å²) in [6.07, 6.45) is 0. The minimum absolute atomic E-state index is 0.0427. The van der Waals surface area contributed by atoms with Crippen molar-refractivity contribution in [3.05, 3.63) is 58.9 Å². The molecule has 1 amide bonds. The van der Waals surface area contributed by atoms with Gasteiger partial charge in [0.25, 0.3) is 0 Å². The van der Waals surface area contributed by atoms with Crippen molar-refractivity contribution >= 4 is 23.8 Å². The van der Waals surface area contributed by atoms with Gasteiger partial charge in [-0.3, -0.25) is 14.5 Å². The van der Waals surface area contributed by atoms with Gasteiger partial charge in [0.1, 0.15) is 12.3 Å². The number of amides is 1. The number of hydrogen-bond donors (Lipinski definition) is 1. The molecule has 2 heterocycles. The average Bonchev–Trinajstić information content (AvgIpc) is 3.14. The smallest absolute Gasteiger partial charge is 0.242 e. The average molecular weight is 424 g/mol. The molecule has 1 aliphatic heterocycles. The first-order chi connectivity index (χ1) is 14.6. The highest BCUT2D eigenvalue weighted by Crippen LogP contribution is 2.28. The molecule has 4 rings (SSSR count). The summed E-state index contributed by atoms with van der Waals surface area (Å²) in [5, 5.41) is 7.18. The summed E-state index contributed by atoms with van der Waals surface area (Å²) in [4.78, 5) is 17.2. The van der Waals surface area contributed by atoms with E-state index in [4.69, 9.17) is 17.0 Å². The van der Waals surface area contributed by atoms with Crippen LogP contribution in [0, 0.1) is 11.7 Å². The normalized spacial score (nSPS) is 14.1. The number of aromatic nitrogens is 3. The molecule has 1 N–H and O–H groups in total. The number of piperazine rings is 1. The minimum atomic E-state index is 0.0427. The van der Waals surface area contributed by atoms with Gasteiger partial charge >= 0.3 is 0 Å². The van der Waals surface area contributed by atoms with Crippen molar-refractivity contribution in [3.8, 4) is 17.1 Å². The highest BCUT2D eigenvalue weighted by atomic mass is 32.1. The van der Waals surface area contributed by atoms with Gasteiger partial charge in [-0.2, -0.15) is 5.10 Å². The van der Waals surface area contributed by atoms with Gasteiger partial charge in [0.05, 0.1) is 12.8 Å². The van der Waals surface area contributed by atoms with Crippen LogP contribution in [-0.4, -0.2) is 58.9 Å². The van der Waals surface area contributed by atoms with Crippen LogP contribution in [0.25, 0.3) is 11.4 Å². The number of carbonyl (C=O) groups is 1. The maximum atomic E-state index is 13.0. The number of nitrogens with zero attached hydrogens (tertiary/aromatic N) is 4. The predicted molar refractivity (Wildman–Crippen MR) is 119 cm³/mol. The molecule has 2 aromatic carbocycles. The zero-order chi connectivity index (χ0) is 21.1. The molecule has 0 unspecified atom stereocenters. The lowest BCUT2D eigenvalue weighted by Crippen LogP contribution is -2.49. The summed E-state index contributed by atoms with van der Waals surface area (Å²) in [6, 6.07) is 16.0. The number of anilines is 1. The molecule has 1 aliphatic rings. The zero-order valence-corrected chi connectivity index (χ0v) is 18.0. The number of hydrogen-bond acceptors (Lipinski definition) is 5. The lowest BCUT2D eigenvalue weighted by Gasteiger charge is -2.36. The van der Waals surface area contributed by atoms with Gasteiger partial charge in [-0.1, -0.05) is 35.9 Å². The Morgan fingerprint density at radius 2 is 1.90 bits per heavy atom. The second-order valence-corrected chi connectivity index (χ2v) is 7.73. The van der Waals surface area contributed by atoms with Crippen molar-refractivity contribution in [3.63, 3.8) is 0 Å². The predicted octanol–water partition coefficient (Wildman–Crippen LogP) is 3.27. The number of nitrogens with one attached hydrogen (secondary N) is 1. The van der Waals surface area contributed by atoms with Crippen LogP contribution in [0.5, 0.6) is 5.75 Å². The standard InChI is InChI=1S/C22H25N5O2S/c1-16-6-5-7-17(14-16)21-23-24-22(30)27(21)15-20(28)26-12-10-25(11-13-26)18-8-3-4-9-19(18)29-2/h3-9,14H,10-13,15H2,1-2H3,(H,24,30). The summed E-state index contributed by atoms with van der Waals surface area (Å²) in [7, 11) is 1.68. The van der Waals surface area contributed by atoms with Crippen molar-refractivity contribution in [2.75, 3.05) is 38.2 Å². The minimum Gasteiger partial charge on any atom is -0.495 e. The van der Waals surface area contributed by atoms with Crippen molar-refractivity contribution in [2.24, 2.45) is 0 Å². The third kappa shape index (κ3) is 4.09. The van der Waals surface area contributed by atoms with E-state index in [0.29, 0.717) is 23.7 Å². The number of carbonyl (C=O) groups excluding carboxylic acids is 1. The van der Waals surface area contributed by atoms with Crippen LogP contribution in [0.2, 0.25) is 0 Å². The molecule has 1 saturated heterocycles. The number of methoxy groups -OCH3 is 1. The van der Waals surface area contributed by atoms with E-state index in [1.807, 2.05) is 54.3 Å². The van der Waals surface area contributed by atoms with Gasteiger partial charge < -0.3 is 14.5 Å². The fraction of sp³-hybridized carbons (Fsp3) is 0.318. The van der Waals surface area contributed by atoms with Crippen LogP contribution in [0.15, 0.2) is 48.5 Å². The Kier molecular flexibility index (Phi) is 5.85. The first-order valence-corrected chi connectivity index (χ1v) is 10.4. The van der Waals surface area contributed by atoms with Gasteiger partial charge in [-0.25, -0.2) is 0 Å². The summed E-state index contributed by atoms with van der Waals surface area (Å²) >= 11 is 5.39. The molecule has 30 heavy (non-hydrogen) atoms. The second kappa shape index (κ2) is 8.71. The quantitative estimate of drug-likeness (QED) is 0.638. The molecule has 0 atom stereocenters. The first-order valence-electron chi connectivity index (χ1n) is 9.95. The molecule has 1 fully saturated rings. The van der Waals surface area contributed by atoms with Gasteiger partial charge in [0, 0.05) is 31.7 Å². The molecule has 8 heteroatoms. The largest absolute Gasteiger partial charge is 0.495 e. The highest BCUT2D eigenvalue weighted by Gasteiger charge is 2.24. The third-order valence-electron chi connectivity index (χ3n) is 5.39. The fourth-order valence-corrected chi connectivity index (χ4v) is 3.99. The molecule has 0 radical (unpaired) electrons. The number of aryl methyl sites for hydroxylation is 1. The maximum Gasteiger partial charge on any atom is 0.242 e. The summed E-state index contributed by atoms with van der Waals surface area (Å²) < 4.78 is 7.70. The Morgan fingerprint density at radius 1 is 1.13 bits per heavy atom. The second-order valence-electron chi connectivity index (χ2n) is 7.35. The van der Waals surface area contributed by atoms with Crippen LogP contribution in [0.4, 0.5) is 5.69 Å². The molecule has 0 aliphatic carbocycles. The number of aromatic amines is 1. The summed E-state index contributed by atoms with van der Waals surface area (Å²) in [5.74, 6) is 1.58. The Morgan fingerprint density at radius 3 is 2.63 bits per heavy atom. The van der Waals surface area contributed by atoms with E-state index in [1.54, 1.807) is 11.7 Å². The maximum absolute atomic E-state index is 13.0. The molecule has 156 valence electrons. The van der Waals surface area contributed by atoms with Crippen LogP contribution >= 0.6 is 12.2 Å². The molecule has 3 aromatic rings. The third-order valence-corrected chi connectivity index (χ3v) is 5.70. The van der Waals surface area contributed by atoms with E-state index < -0.39 is 0 Å². The van der Waals surface area contributed by atoms with Gasteiger partial charge in [-0.15, -0.1) is 0 Å². The number of ether oxygens (including phenoxy) is 1. The molecular weight excluding hydrogens is 398 g/mol. The molecule has 0 spiro atoms. The molecule has 0 saturated carbocycles. The summed E-state index contributed by atoms with van der Waals surface area (Å²) in [5.41, 5.74) is 3.13. The van der Waals surface area contributed by atoms with E-state index in [9.17, 15) is 4.79 Å². The molecular formula is C22H25N5O2S. The first kappa shape index (κ1) is 20.2. The van der Waals surface area contributed by atoms with Crippen LogP contribution in [0.1, 0.15) is 5.56 Å². The van der Waals surface area contributed by atoms with Crippen LogP contribution < -0.4 is 9.64 Å². The van der Waals surface area contributed by atoms with E-state index >= 15 is 0 Å². The van der Waals surface area contributed by atoms with E-state index in [2.05, 4.69) is 21.2 Å². The van der Waals surface area contributed by atoms with Crippen molar-refractivity contribution in [2.45, 2.75) is 13.5 Å². The Labute approximate surface area is 180 Å². The number of rotatable bonds is 5. The van der Waals surface area contributed by atoms with E-state index in [-0.39, 0.29) is 12.5 Å². The Balaban J connectivity index is 1.45. The van der Waals surface area contributed by atoms with Gasteiger partial charge in [0.15, 0.2) is 10.6 Å². The SMILES string of the molecule is COc1ccccc1N1CCN(C(=O)Cn2c(-c3cccc(C)c3)n[nH]c2=S)CC1. The van der Waals surface area contributed by atoms with E-state index in [0.717, 1.165) is 35.7 Å². The number of H-pyrrole nitrogens is 1. The van der Waals surface area contributed by atoms with Gasteiger partial charge in [-0.05, 0) is 37.3 Å². The Hall–Kier alpha value is -3.13. The topological polar surface area (TPSA) is 66.4 Å². The molecule has 7 nitrogen and oxygen atoms in total. The van der Waals surface area contributed by atoms with Crippen molar-refractivity contribution < 1.29 is 9.53 Å². The fourth-order valence-electron chi connectivity index (χ4n) is 3.79. The van der Waals surface area contributed by atoms with Gasteiger partial charge in [0.2, 0.25) is 5.91 Å². The molecule has 1 aromatic heterocycles. The van der Waals surface area contributed by atoms with Crippen molar-refractivity contribution in [1.29, 1.82) is 0 Å². The lowest BCUT2D eigenvalue weighted by molar-refractivity contribution is -0.132. The van der Waals surface area contributed by atoms with E-state index in [1.165, 1.54) is 0 Å². The van der Waals surface area contributed by atoms with Crippen LogP contribution in [0.3, 0.4) is 0 Å². The monoisotopic (exact) mass is 423 g/mol. The lowest BCUT2D eigenvalue weighted by atomic mass is 10.1.